The summed E-state index contributed by atoms with van der Waals surface area (Å²) in [6.07, 6.45) is 4.79. The fourth-order valence-corrected chi connectivity index (χ4v) is 3.13. The molecule has 0 fully saturated rings. The van der Waals surface area contributed by atoms with Crippen molar-refractivity contribution in [2.24, 2.45) is 0 Å². The average molecular weight is 268 g/mol. The summed E-state index contributed by atoms with van der Waals surface area (Å²) in [4.78, 5) is 1.37. The van der Waals surface area contributed by atoms with Crippen molar-refractivity contribution in [1.82, 2.24) is 9.78 Å². The fourth-order valence-electron chi connectivity index (χ4n) is 2.16. The first-order chi connectivity index (χ1) is 9.22. The summed E-state index contributed by atoms with van der Waals surface area (Å²) in [6, 6.07) is 12.9. The maximum atomic E-state index is 4.27. The highest BCUT2D eigenvalue weighted by molar-refractivity contribution is 7.14. The van der Waals surface area contributed by atoms with E-state index in [0.29, 0.717) is 0 Å². The van der Waals surface area contributed by atoms with Crippen LogP contribution in [0.5, 0.6) is 0 Å². The first kappa shape index (κ1) is 12.2. The molecule has 3 heteroatoms. The molecule has 0 amide bonds. The molecule has 0 saturated carbocycles. The molecule has 3 rings (SSSR count). The van der Waals surface area contributed by atoms with Crippen LogP contribution >= 0.6 is 11.3 Å². The van der Waals surface area contributed by atoms with Gasteiger partial charge < -0.3 is 0 Å². The van der Waals surface area contributed by atoms with E-state index in [1.807, 2.05) is 23.1 Å². The summed E-state index contributed by atoms with van der Waals surface area (Å²) < 4.78 is 1.91. The summed E-state index contributed by atoms with van der Waals surface area (Å²) in [7, 11) is 0. The van der Waals surface area contributed by atoms with E-state index in [-0.39, 0.29) is 0 Å². The van der Waals surface area contributed by atoms with E-state index >= 15 is 0 Å². The van der Waals surface area contributed by atoms with Gasteiger partial charge in [-0.15, -0.1) is 11.3 Å². The normalized spacial score (nSPS) is 10.8. The molecule has 96 valence electrons. The standard InChI is InChI=1S/C16H16N2S/c1-12-4-5-13(2)14(10-12)11-15-6-7-16(19-15)18-9-3-8-17-18/h3-10H,11H2,1-2H3. The van der Waals surface area contributed by atoms with Gasteiger partial charge in [0.25, 0.3) is 0 Å². The molecule has 3 aromatic rings. The number of nitrogens with zero attached hydrogens (tertiary/aromatic N) is 2. The Balaban J connectivity index is 1.86. The highest BCUT2D eigenvalue weighted by atomic mass is 32.1. The van der Waals surface area contributed by atoms with Crippen molar-refractivity contribution < 1.29 is 0 Å². The summed E-state index contributed by atoms with van der Waals surface area (Å²) in [5.74, 6) is 0. The smallest absolute Gasteiger partial charge is 0.117 e. The zero-order valence-corrected chi connectivity index (χ0v) is 11.9. The highest BCUT2D eigenvalue weighted by Crippen LogP contribution is 2.24. The molecule has 0 atom stereocenters. The molecule has 0 aliphatic rings. The van der Waals surface area contributed by atoms with Crippen molar-refractivity contribution in [3.8, 4) is 5.00 Å². The van der Waals surface area contributed by atoms with Crippen molar-refractivity contribution in [3.63, 3.8) is 0 Å². The minimum atomic E-state index is 0.999. The first-order valence-corrected chi connectivity index (χ1v) is 7.19. The van der Waals surface area contributed by atoms with E-state index in [1.165, 1.54) is 26.6 Å². The molecule has 19 heavy (non-hydrogen) atoms. The third-order valence-electron chi connectivity index (χ3n) is 3.25. The van der Waals surface area contributed by atoms with Crippen molar-refractivity contribution >= 4 is 11.3 Å². The van der Waals surface area contributed by atoms with Crippen molar-refractivity contribution in [3.05, 3.63) is 70.4 Å². The minimum absolute atomic E-state index is 0.999. The predicted molar refractivity (Wildman–Crippen MR) is 80.2 cm³/mol. The van der Waals surface area contributed by atoms with Crippen molar-refractivity contribution in [2.45, 2.75) is 20.3 Å². The van der Waals surface area contributed by atoms with Crippen LogP contribution < -0.4 is 0 Å². The quantitative estimate of drug-likeness (QED) is 0.698. The maximum absolute atomic E-state index is 4.27. The molecule has 0 radical (unpaired) electrons. The third-order valence-corrected chi connectivity index (χ3v) is 4.32. The van der Waals surface area contributed by atoms with Gasteiger partial charge in [0.1, 0.15) is 5.00 Å². The first-order valence-electron chi connectivity index (χ1n) is 6.37. The lowest BCUT2D eigenvalue weighted by molar-refractivity contribution is 0.898. The minimum Gasteiger partial charge on any atom is -0.231 e. The van der Waals surface area contributed by atoms with Gasteiger partial charge in [-0.05, 0) is 43.2 Å². The molecule has 2 nitrogen and oxygen atoms in total. The van der Waals surface area contributed by atoms with Gasteiger partial charge in [-0.3, -0.25) is 0 Å². The van der Waals surface area contributed by atoms with E-state index < -0.39 is 0 Å². The molecule has 2 aromatic heterocycles. The van der Waals surface area contributed by atoms with Crippen LogP contribution in [0.2, 0.25) is 0 Å². The SMILES string of the molecule is Cc1ccc(C)c(Cc2ccc(-n3cccn3)s2)c1. The van der Waals surface area contributed by atoms with Gasteiger partial charge in [-0.1, -0.05) is 23.8 Å². The summed E-state index contributed by atoms with van der Waals surface area (Å²) in [5, 5.41) is 5.44. The second-order valence-corrected chi connectivity index (χ2v) is 5.94. The van der Waals surface area contributed by atoms with Gasteiger partial charge in [-0.2, -0.15) is 5.10 Å². The van der Waals surface area contributed by atoms with Crippen LogP contribution in [0.4, 0.5) is 0 Å². The molecule has 0 N–H and O–H groups in total. The number of hydrogen-bond acceptors (Lipinski definition) is 2. The number of aryl methyl sites for hydroxylation is 2. The van der Waals surface area contributed by atoms with Crippen LogP contribution in [0.1, 0.15) is 21.6 Å². The lowest BCUT2D eigenvalue weighted by atomic mass is 10.0. The Morgan fingerprint density at radius 1 is 1.16 bits per heavy atom. The van der Waals surface area contributed by atoms with E-state index in [4.69, 9.17) is 0 Å². The molecular formula is C16H16N2S. The summed E-state index contributed by atoms with van der Waals surface area (Å²) in [6.45, 7) is 4.32. The number of rotatable bonds is 3. The van der Waals surface area contributed by atoms with Gasteiger partial charge in [0, 0.05) is 23.7 Å². The molecule has 0 saturated heterocycles. The Labute approximate surface area is 117 Å². The van der Waals surface area contributed by atoms with E-state index in [1.54, 1.807) is 11.3 Å². The van der Waals surface area contributed by atoms with Crippen LogP contribution in [-0.2, 0) is 6.42 Å². The Hall–Kier alpha value is -1.87. The zero-order chi connectivity index (χ0) is 13.2. The molecule has 0 bridgehead atoms. The second kappa shape index (κ2) is 5.02. The Morgan fingerprint density at radius 3 is 2.84 bits per heavy atom. The Kier molecular flexibility index (Phi) is 3.22. The lowest BCUT2D eigenvalue weighted by Crippen LogP contribution is -1.91. The molecular weight excluding hydrogens is 252 g/mol. The largest absolute Gasteiger partial charge is 0.231 e. The number of thiophene rings is 1. The van der Waals surface area contributed by atoms with Gasteiger partial charge in [0.05, 0.1) is 0 Å². The highest BCUT2D eigenvalue weighted by Gasteiger charge is 2.05. The van der Waals surface area contributed by atoms with Gasteiger partial charge in [-0.25, -0.2) is 4.68 Å². The van der Waals surface area contributed by atoms with Crippen molar-refractivity contribution in [2.75, 3.05) is 0 Å². The van der Waals surface area contributed by atoms with Crippen LogP contribution in [0.3, 0.4) is 0 Å². The summed E-state index contributed by atoms with van der Waals surface area (Å²) >= 11 is 1.80. The number of hydrogen-bond donors (Lipinski definition) is 0. The lowest BCUT2D eigenvalue weighted by Gasteiger charge is -2.05. The molecule has 0 aliphatic heterocycles. The van der Waals surface area contributed by atoms with Crippen LogP contribution in [-0.4, -0.2) is 9.78 Å². The molecule has 0 aliphatic carbocycles. The average Bonchev–Trinajstić information content (AvgIpc) is 3.04. The second-order valence-electron chi connectivity index (χ2n) is 4.80. The third kappa shape index (κ3) is 2.61. The van der Waals surface area contributed by atoms with Gasteiger partial charge in [0.15, 0.2) is 0 Å². The van der Waals surface area contributed by atoms with Crippen LogP contribution in [0.15, 0.2) is 48.8 Å². The molecule has 2 heterocycles. The Morgan fingerprint density at radius 2 is 2.05 bits per heavy atom. The molecule has 1 aromatic carbocycles. The monoisotopic (exact) mass is 268 g/mol. The topological polar surface area (TPSA) is 17.8 Å². The fraction of sp³-hybridized carbons (Fsp3) is 0.188. The number of benzene rings is 1. The van der Waals surface area contributed by atoms with Gasteiger partial charge >= 0.3 is 0 Å². The summed E-state index contributed by atoms with van der Waals surface area (Å²) in [5.41, 5.74) is 4.10. The van der Waals surface area contributed by atoms with Crippen LogP contribution in [0, 0.1) is 13.8 Å². The Bertz CT molecular complexity index is 681. The van der Waals surface area contributed by atoms with E-state index in [2.05, 4.69) is 49.3 Å². The maximum Gasteiger partial charge on any atom is 0.117 e. The molecule has 0 spiro atoms. The molecule has 0 unspecified atom stereocenters. The van der Waals surface area contributed by atoms with E-state index in [0.717, 1.165) is 6.42 Å². The van der Waals surface area contributed by atoms with Gasteiger partial charge in [0.2, 0.25) is 0 Å². The number of aromatic nitrogens is 2. The van der Waals surface area contributed by atoms with Crippen LogP contribution in [0.25, 0.3) is 5.00 Å². The van der Waals surface area contributed by atoms with Crippen molar-refractivity contribution in [1.29, 1.82) is 0 Å². The zero-order valence-electron chi connectivity index (χ0n) is 11.1. The predicted octanol–water partition coefficient (Wildman–Crippen LogP) is 4.14. The van der Waals surface area contributed by atoms with E-state index in [9.17, 15) is 0 Å².